The smallest absolute Gasteiger partial charge is 0.387 e. The van der Waals surface area contributed by atoms with E-state index in [0.717, 1.165) is 17.7 Å². The number of guanidine groups is 1. The topological polar surface area (TPSA) is 69.5 Å². The number of aliphatic imine (C=N–C) groups is 1. The van der Waals surface area contributed by atoms with Crippen molar-refractivity contribution in [3.05, 3.63) is 65.5 Å². The van der Waals surface area contributed by atoms with Gasteiger partial charge in [0, 0.05) is 25.5 Å². The summed E-state index contributed by atoms with van der Waals surface area (Å²) in [5.74, 6) is 0.473. The van der Waals surface area contributed by atoms with Gasteiger partial charge in [-0.3, -0.25) is 4.98 Å². The molecule has 9 heteroatoms. The number of nitrogens with zero attached hydrogens (tertiary/aromatic N) is 2. The van der Waals surface area contributed by atoms with Crippen LogP contribution in [0.1, 0.15) is 29.7 Å². The third-order valence-electron chi connectivity index (χ3n) is 3.60. The molecule has 0 aliphatic carbocycles. The van der Waals surface area contributed by atoms with E-state index in [1.165, 1.54) is 12.1 Å². The van der Waals surface area contributed by atoms with E-state index in [9.17, 15) is 18.3 Å². The molecule has 5 nitrogen and oxygen atoms in total. The summed E-state index contributed by atoms with van der Waals surface area (Å²) in [4.78, 5) is 8.23. The van der Waals surface area contributed by atoms with Crippen molar-refractivity contribution in [3.8, 4) is 0 Å². The summed E-state index contributed by atoms with van der Waals surface area (Å²) in [6.45, 7) is 2.97. The molecule has 0 saturated heterocycles. The zero-order valence-corrected chi connectivity index (χ0v) is 17.0. The van der Waals surface area contributed by atoms with Crippen molar-refractivity contribution in [1.82, 2.24) is 15.6 Å². The van der Waals surface area contributed by atoms with Gasteiger partial charge in [0.25, 0.3) is 0 Å². The normalized spacial score (nSPS) is 12.9. The first-order chi connectivity index (χ1) is 12.4. The zero-order valence-electron chi connectivity index (χ0n) is 14.7. The lowest BCUT2D eigenvalue weighted by atomic mass is 10.1. The summed E-state index contributed by atoms with van der Waals surface area (Å²) in [6, 6.07) is 8.33. The highest BCUT2D eigenvalue weighted by Crippen LogP contribution is 2.29. The minimum atomic E-state index is -4.35. The number of hydrogen-bond acceptors (Lipinski definition) is 3. The van der Waals surface area contributed by atoms with Crippen LogP contribution in [0.3, 0.4) is 0 Å². The van der Waals surface area contributed by atoms with Gasteiger partial charge >= 0.3 is 6.18 Å². The van der Waals surface area contributed by atoms with E-state index in [1.807, 2.05) is 6.92 Å². The van der Waals surface area contributed by atoms with Crippen molar-refractivity contribution in [1.29, 1.82) is 0 Å². The van der Waals surface area contributed by atoms with Crippen LogP contribution in [-0.4, -0.2) is 29.1 Å². The maximum Gasteiger partial charge on any atom is 0.416 e. The molecule has 27 heavy (non-hydrogen) atoms. The molecule has 148 valence electrons. The quantitative estimate of drug-likeness (QED) is 0.327. The van der Waals surface area contributed by atoms with Gasteiger partial charge in [-0.15, -0.1) is 24.0 Å². The van der Waals surface area contributed by atoms with E-state index in [1.54, 1.807) is 24.5 Å². The summed E-state index contributed by atoms with van der Waals surface area (Å²) in [6.07, 6.45) is -1.88. The summed E-state index contributed by atoms with van der Waals surface area (Å²) >= 11 is 0. The predicted molar refractivity (Wildman–Crippen MR) is 109 cm³/mol. The van der Waals surface area contributed by atoms with Crippen LogP contribution in [0.5, 0.6) is 0 Å². The van der Waals surface area contributed by atoms with Crippen molar-refractivity contribution in [2.24, 2.45) is 4.99 Å². The van der Waals surface area contributed by atoms with E-state index >= 15 is 0 Å². The van der Waals surface area contributed by atoms with Crippen LogP contribution in [-0.2, 0) is 12.7 Å². The number of hydrogen-bond donors (Lipinski definition) is 3. The largest absolute Gasteiger partial charge is 0.416 e. The molecule has 1 atom stereocenters. The Morgan fingerprint density at radius 2 is 1.74 bits per heavy atom. The standard InChI is InChI=1S/C18H21F3N4O.HI/c1-2-23-17(25-12-16(26)14-7-9-22-10-8-14)24-11-13-3-5-15(6-4-13)18(19,20)21;/h3-10,16,26H,2,11-12H2,1H3,(H2,23,24,25);1H. The molecule has 1 aromatic carbocycles. The van der Waals surface area contributed by atoms with Crippen LogP contribution in [0.2, 0.25) is 0 Å². The lowest BCUT2D eigenvalue weighted by Gasteiger charge is -2.15. The molecule has 0 saturated carbocycles. The molecule has 0 fully saturated rings. The number of halogens is 4. The first-order valence-corrected chi connectivity index (χ1v) is 8.16. The molecule has 1 unspecified atom stereocenters. The van der Waals surface area contributed by atoms with Crippen LogP contribution in [0.4, 0.5) is 13.2 Å². The highest BCUT2D eigenvalue weighted by molar-refractivity contribution is 14.0. The molecule has 2 aromatic rings. The Morgan fingerprint density at radius 3 is 2.30 bits per heavy atom. The fourth-order valence-electron chi connectivity index (χ4n) is 2.21. The van der Waals surface area contributed by atoms with Gasteiger partial charge in [-0.25, -0.2) is 4.99 Å². The zero-order chi connectivity index (χ0) is 19.0. The van der Waals surface area contributed by atoms with E-state index in [0.29, 0.717) is 18.1 Å². The Balaban J connectivity index is 0.00000364. The Bertz CT molecular complexity index is 709. The minimum absolute atomic E-state index is 0. The number of aromatic nitrogens is 1. The third-order valence-corrected chi connectivity index (χ3v) is 3.60. The number of alkyl halides is 3. The summed E-state index contributed by atoms with van der Waals surface area (Å²) in [5.41, 5.74) is 0.701. The molecule has 0 bridgehead atoms. The average molecular weight is 494 g/mol. The first kappa shape index (κ1) is 23.2. The molecule has 1 heterocycles. The summed E-state index contributed by atoms with van der Waals surface area (Å²) < 4.78 is 37.7. The van der Waals surface area contributed by atoms with E-state index < -0.39 is 17.8 Å². The number of aliphatic hydroxyl groups is 1. The molecule has 0 amide bonds. The number of aliphatic hydroxyl groups excluding tert-OH is 1. The average Bonchev–Trinajstić information content (AvgIpc) is 2.64. The maximum atomic E-state index is 12.6. The maximum absolute atomic E-state index is 12.6. The number of benzene rings is 1. The van der Waals surface area contributed by atoms with Gasteiger partial charge in [-0.2, -0.15) is 13.2 Å². The van der Waals surface area contributed by atoms with Crippen LogP contribution >= 0.6 is 24.0 Å². The number of nitrogens with one attached hydrogen (secondary N) is 2. The van der Waals surface area contributed by atoms with Gasteiger partial charge in [0.1, 0.15) is 0 Å². The second-order valence-corrected chi connectivity index (χ2v) is 5.57. The molecular weight excluding hydrogens is 472 g/mol. The van der Waals surface area contributed by atoms with Gasteiger partial charge in [-0.05, 0) is 42.3 Å². The van der Waals surface area contributed by atoms with Crippen LogP contribution in [0.15, 0.2) is 53.8 Å². The van der Waals surface area contributed by atoms with Crippen molar-refractivity contribution in [2.75, 3.05) is 13.1 Å². The van der Waals surface area contributed by atoms with E-state index in [-0.39, 0.29) is 37.1 Å². The van der Waals surface area contributed by atoms with Gasteiger partial charge in [0.05, 0.1) is 18.2 Å². The molecule has 0 aliphatic heterocycles. The van der Waals surface area contributed by atoms with Gasteiger partial charge in [0.2, 0.25) is 0 Å². The first-order valence-electron chi connectivity index (χ1n) is 8.16. The monoisotopic (exact) mass is 494 g/mol. The molecule has 2 rings (SSSR count). The Hall–Kier alpha value is -1.88. The van der Waals surface area contributed by atoms with Crippen molar-refractivity contribution < 1.29 is 18.3 Å². The van der Waals surface area contributed by atoms with Crippen LogP contribution in [0.25, 0.3) is 0 Å². The molecular formula is C18H22F3IN4O. The SMILES string of the molecule is CCNC(=NCc1ccc(C(F)(F)F)cc1)NCC(O)c1ccncc1.I. The minimum Gasteiger partial charge on any atom is -0.387 e. The summed E-state index contributed by atoms with van der Waals surface area (Å²) in [5, 5.41) is 16.2. The van der Waals surface area contributed by atoms with Crippen molar-refractivity contribution >= 4 is 29.9 Å². The van der Waals surface area contributed by atoms with E-state index in [2.05, 4.69) is 20.6 Å². The molecule has 3 N–H and O–H groups in total. The molecule has 1 aromatic heterocycles. The lowest BCUT2D eigenvalue weighted by Crippen LogP contribution is -2.39. The lowest BCUT2D eigenvalue weighted by molar-refractivity contribution is -0.137. The van der Waals surface area contributed by atoms with Crippen molar-refractivity contribution in [2.45, 2.75) is 25.7 Å². The van der Waals surface area contributed by atoms with E-state index in [4.69, 9.17) is 0 Å². The van der Waals surface area contributed by atoms with Crippen LogP contribution < -0.4 is 10.6 Å². The Morgan fingerprint density at radius 1 is 1.11 bits per heavy atom. The van der Waals surface area contributed by atoms with Gasteiger partial charge in [-0.1, -0.05) is 12.1 Å². The second-order valence-electron chi connectivity index (χ2n) is 5.57. The van der Waals surface area contributed by atoms with Gasteiger partial charge in [0.15, 0.2) is 5.96 Å². The van der Waals surface area contributed by atoms with Crippen molar-refractivity contribution in [3.63, 3.8) is 0 Å². The Labute approximate surface area is 173 Å². The number of pyridine rings is 1. The molecule has 0 aliphatic rings. The molecule has 0 spiro atoms. The Kier molecular flexibility index (Phi) is 9.50. The number of rotatable bonds is 6. The second kappa shape index (κ2) is 11.1. The highest BCUT2D eigenvalue weighted by Gasteiger charge is 2.29. The fraction of sp³-hybridized carbons (Fsp3) is 0.333. The summed E-state index contributed by atoms with van der Waals surface area (Å²) in [7, 11) is 0. The highest BCUT2D eigenvalue weighted by atomic mass is 127. The van der Waals surface area contributed by atoms with Crippen LogP contribution in [0, 0.1) is 0 Å². The fourth-order valence-corrected chi connectivity index (χ4v) is 2.21. The van der Waals surface area contributed by atoms with Gasteiger partial charge < -0.3 is 15.7 Å². The molecule has 0 radical (unpaired) electrons. The predicted octanol–water partition coefficient (Wildman–Crippen LogP) is 3.51. The third kappa shape index (κ3) is 7.71.